The molecule has 3 aromatic carbocycles. The van der Waals surface area contributed by atoms with Gasteiger partial charge < -0.3 is 24.5 Å². The van der Waals surface area contributed by atoms with Crippen LogP contribution in [0, 0.1) is 0 Å². The van der Waals surface area contributed by atoms with Gasteiger partial charge in [0, 0.05) is 11.4 Å². The lowest BCUT2D eigenvalue weighted by Crippen LogP contribution is -2.08. The number of ether oxygens (including phenoxy) is 2. The highest BCUT2D eigenvalue weighted by Crippen LogP contribution is 2.28. The number of benzene rings is 3. The number of furan rings is 1. The number of anilines is 5. The van der Waals surface area contributed by atoms with Crippen LogP contribution < -0.4 is 25.5 Å². The molecule has 0 aliphatic heterocycles. The number of carbonyl (C=O) groups is 1. The van der Waals surface area contributed by atoms with Gasteiger partial charge in [-0.05, 0) is 60.2 Å². The minimum absolute atomic E-state index is 0.0893. The van der Waals surface area contributed by atoms with E-state index in [0.29, 0.717) is 23.2 Å². The van der Waals surface area contributed by atoms with Crippen LogP contribution in [-0.4, -0.2) is 34.2 Å². The number of esters is 1. The van der Waals surface area contributed by atoms with E-state index in [4.69, 9.17) is 13.9 Å². The number of nitrogens with one attached hydrogen (secondary N) is 3. The van der Waals surface area contributed by atoms with Crippen molar-refractivity contribution in [3.05, 3.63) is 109 Å². The summed E-state index contributed by atoms with van der Waals surface area (Å²) < 4.78 is 15.8. The zero-order valence-electron chi connectivity index (χ0n) is 20.7. The van der Waals surface area contributed by atoms with E-state index in [9.17, 15) is 4.79 Å². The van der Waals surface area contributed by atoms with Crippen LogP contribution in [0.1, 0.15) is 16.1 Å². The number of rotatable bonds is 10. The summed E-state index contributed by atoms with van der Waals surface area (Å²) in [4.78, 5) is 25.5. The smallest absolute Gasteiger partial charge is 0.379 e. The number of hydrogen-bond acceptors (Lipinski definition) is 11. The first-order valence-electron chi connectivity index (χ1n) is 11.8. The standard InChI is InChI=1S/C28H23N7O4/c1-37-24-17-19(14-15-22(24)39-25(36)23-13-8-16-38-23)18-29-35-28-33-26(30-20-9-4-2-5-10-20)32-27(34-28)31-21-11-6-3-7-12-21/h2-18H,1H3,(H3,30,31,32,33,34,35). The molecule has 194 valence electrons. The van der Waals surface area contributed by atoms with Gasteiger partial charge >= 0.3 is 5.97 Å². The van der Waals surface area contributed by atoms with Gasteiger partial charge in [0.15, 0.2) is 11.5 Å². The van der Waals surface area contributed by atoms with Crippen molar-refractivity contribution in [3.63, 3.8) is 0 Å². The second kappa shape index (κ2) is 12.0. The largest absolute Gasteiger partial charge is 0.493 e. The van der Waals surface area contributed by atoms with E-state index >= 15 is 0 Å². The summed E-state index contributed by atoms with van der Waals surface area (Å²) in [7, 11) is 1.48. The molecule has 0 atom stereocenters. The lowest BCUT2D eigenvalue weighted by molar-refractivity contribution is 0.0696. The maximum absolute atomic E-state index is 12.2. The van der Waals surface area contributed by atoms with Gasteiger partial charge in [0.05, 0.1) is 19.6 Å². The maximum atomic E-state index is 12.2. The van der Waals surface area contributed by atoms with Crippen LogP contribution in [0.15, 0.2) is 107 Å². The van der Waals surface area contributed by atoms with Crippen LogP contribution in [0.5, 0.6) is 11.5 Å². The van der Waals surface area contributed by atoms with E-state index in [-0.39, 0.29) is 17.5 Å². The van der Waals surface area contributed by atoms with Crippen LogP contribution in [0.2, 0.25) is 0 Å². The molecule has 0 amide bonds. The van der Waals surface area contributed by atoms with Gasteiger partial charge in [0.25, 0.3) is 0 Å². The van der Waals surface area contributed by atoms with E-state index in [1.165, 1.54) is 19.4 Å². The Balaban J connectivity index is 1.32. The van der Waals surface area contributed by atoms with Crippen LogP contribution in [-0.2, 0) is 0 Å². The molecule has 0 radical (unpaired) electrons. The summed E-state index contributed by atoms with van der Waals surface area (Å²) in [5.41, 5.74) is 5.16. The monoisotopic (exact) mass is 521 g/mol. The molecule has 2 aromatic heterocycles. The summed E-state index contributed by atoms with van der Waals surface area (Å²) in [6, 6.07) is 27.2. The van der Waals surface area contributed by atoms with Crippen molar-refractivity contribution in [2.45, 2.75) is 0 Å². The van der Waals surface area contributed by atoms with Crippen molar-refractivity contribution in [1.82, 2.24) is 15.0 Å². The number of carbonyl (C=O) groups excluding carboxylic acids is 1. The number of hydrogen-bond donors (Lipinski definition) is 3. The molecule has 3 N–H and O–H groups in total. The molecule has 2 heterocycles. The number of hydrazone groups is 1. The van der Waals surface area contributed by atoms with Crippen molar-refractivity contribution in [1.29, 1.82) is 0 Å². The van der Waals surface area contributed by atoms with E-state index in [1.807, 2.05) is 60.7 Å². The number of aromatic nitrogens is 3. The highest BCUT2D eigenvalue weighted by Gasteiger charge is 2.15. The SMILES string of the molecule is COc1cc(C=NNc2nc(Nc3ccccc3)nc(Nc3ccccc3)n2)ccc1OC(=O)c1ccco1. The normalized spacial score (nSPS) is 10.7. The maximum Gasteiger partial charge on any atom is 0.379 e. The minimum Gasteiger partial charge on any atom is -0.493 e. The molecule has 0 aliphatic carbocycles. The zero-order valence-corrected chi connectivity index (χ0v) is 20.7. The van der Waals surface area contributed by atoms with Crippen LogP contribution in [0.4, 0.5) is 29.2 Å². The van der Waals surface area contributed by atoms with Gasteiger partial charge in [0.2, 0.25) is 23.6 Å². The molecule has 0 fully saturated rings. The summed E-state index contributed by atoms with van der Waals surface area (Å²) in [6.07, 6.45) is 2.95. The summed E-state index contributed by atoms with van der Waals surface area (Å²) in [6.45, 7) is 0. The predicted molar refractivity (Wildman–Crippen MR) is 147 cm³/mol. The molecule has 0 spiro atoms. The van der Waals surface area contributed by atoms with E-state index < -0.39 is 5.97 Å². The van der Waals surface area contributed by atoms with Crippen LogP contribution >= 0.6 is 0 Å². The molecule has 0 saturated heterocycles. The van der Waals surface area contributed by atoms with Crippen LogP contribution in [0.3, 0.4) is 0 Å². The third kappa shape index (κ3) is 6.74. The Labute approximate surface area is 223 Å². The molecule has 0 aliphatic rings. The molecule has 0 saturated carbocycles. The Morgan fingerprint density at radius 2 is 1.44 bits per heavy atom. The lowest BCUT2D eigenvalue weighted by Gasteiger charge is -2.10. The number of methoxy groups -OCH3 is 1. The van der Waals surface area contributed by atoms with Gasteiger partial charge in [-0.2, -0.15) is 20.1 Å². The summed E-state index contributed by atoms with van der Waals surface area (Å²) >= 11 is 0. The average Bonchev–Trinajstić information content (AvgIpc) is 3.50. The van der Waals surface area contributed by atoms with Gasteiger partial charge in [-0.25, -0.2) is 10.2 Å². The highest BCUT2D eigenvalue weighted by atomic mass is 16.6. The van der Waals surface area contributed by atoms with Crippen molar-refractivity contribution in [2.24, 2.45) is 5.10 Å². The van der Waals surface area contributed by atoms with Crippen molar-refractivity contribution in [2.75, 3.05) is 23.2 Å². The third-order valence-corrected chi connectivity index (χ3v) is 5.19. The Kier molecular flexibility index (Phi) is 7.69. The first-order valence-corrected chi connectivity index (χ1v) is 11.8. The van der Waals surface area contributed by atoms with Crippen molar-refractivity contribution < 1.29 is 18.7 Å². The Hall–Kier alpha value is -5.71. The fraction of sp³-hybridized carbons (Fsp3) is 0.0357. The second-order valence-corrected chi connectivity index (χ2v) is 7.94. The van der Waals surface area contributed by atoms with Gasteiger partial charge in [-0.3, -0.25) is 0 Å². The highest BCUT2D eigenvalue weighted by molar-refractivity contribution is 5.89. The predicted octanol–water partition coefficient (Wildman–Crippen LogP) is 5.63. The zero-order chi connectivity index (χ0) is 26.9. The van der Waals surface area contributed by atoms with Crippen molar-refractivity contribution >= 4 is 41.4 Å². The van der Waals surface area contributed by atoms with Gasteiger partial charge in [0.1, 0.15) is 0 Å². The van der Waals surface area contributed by atoms with Crippen molar-refractivity contribution in [3.8, 4) is 11.5 Å². The molecular weight excluding hydrogens is 498 g/mol. The fourth-order valence-corrected chi connectivity index (χ4v) is 3.40. The summed E-state index contributed by atoms with van der Waals surface area (Å²) in [5, 5.41) is 10.6. The molecular formula is C28H23N7O4. The fourth-order valence-electron chi connectivity index (χ4n) is 3.40. The number of para-hydroxylation sites is 2. The Morgan fingerprint density at radius 3 is 2.03 bits per heavy atom. The van der Waals surface area contributed by atoms with Crippen LogP contribution in [0.25, 0.3) is 0 Å². The number of nitrogens with zero attached hydrogens (tertiary/aromatic N) is 4. The first-order chi connectivity index (χ1) is 19.2. The molecule has 11 heteroatoms. The van der Waals surface area contributed by atoms with Gasteiger partial charge in [-0.1, -0.05) is 36.4 Å². The van der Waals surface area contributed by atoms with Gasteiger partial charge in [-0.15, -0.1) is 0 Å². The molecule has 5 rings (SSSR count). The summed E-state index contributed by atoms with van der Waals surface area (Å²) in [5.74, 6) is 0.933. The topological polar surface area (TPSA) is 136 Å². The molecule has 11 nitrogen and oxygen atoms in total. The van der Waals surface area contributed by atoms with E-state index in [0.717, 1.165) is 11.4 Å². The first kappa shape index (κ1) is 25.0. The minimum atomic E-state index is -0.629. The molecule has 39 heavy (non-hydrogen) atoms. The molecule has 5 aromatic rings. The third-order valence-electron chi connectivity index (χ3n) is 5.19. The lowest BCUT2D eigenvalue weighted by atomic mass is 10.2. The van der Waals surface area contributed by atoms with E-state index in [1.54, 1.807) is 30.5 Å². The quantitative estimate of drug-likeness (QED) is 0.0918. The Bertz CT molecular complexity index is 1500. The Morgan fingerprint density at radius 1 is 0.795 bits per heavy atom. The molecule has 0 unspecified atom stereocenters. The molecule has 0 bridgehead atoms. The van der Waals surface area contributed by atoms with E-state index in [2.05, 4.69) is 36.1 Å². The average molecular weight is 522 g/mol. The second-order valence-electron chi connectivity index (χ2n) is 7.94.